The smallest absolute Gasteiger partial charge is 0.294 e. The third-order valence-electron chi connectivity index (χ3n) is 1.69. The molecule has 0 saturated heterocycles. The molecule has 2 N–H and O–H groups in total. The molecule has 0 atom stereocenters. The van der Waals surface area contributed by atoms with Crippen molar-refractivity contribution in [2.75, 3.05) is 0 Å². The maximum Gasteiger partial charge on any atom is 0.294 e. The number of hydrogen-bond donors (Lipinski definition) is 2. The summed E-state index contributed by atoms with van der Waals surface area (Å²) in [6.45, 7) is 1.68. The van der Waals surface area contributed by atoms with Crippen molar-refractivity contribution < 1.29 is 13.0 Å². The average molecular weight is 213 g/mol. The third-order valence-corrected chi connectivity index (χ3v) is 2.56. The average Bonchev–Trinajstić information content (AvgIpc) is 2.02. The van der Waals surface area contributed by atoms with Crippen molar-refractivity contribution in [3.8, 4) is 0 Å². The molecule has 1 aromatic carbocycles. The van der Waals surface area contributed by atoms with Crippen molar-refractivity contribution in [3.05, 3.63) is 29.8 Å². The Balaban J connectivity index is 2.95. The molecule has 14 heavy (non-hydrogen) atoms. The summed E-state index contributed by atoms with van der Waals surface area (Å²) in [5.74, 6) is 0. The zero-order valence-corrected chi connectivity index (χ0v) is 8.50. The van der Waals surface area contributed by atoms with Crippen LogP contribution in [0.15, 0.2) is 29.2 Å². The van der Waals surface area contributed by atoms with E-state index in [0.29, 0.717) is 12.1 Å². The zero-order valence-electron chi connectivity index (χ0n) is 7.69. The van der Waals surface area contributed by atoms with Gasteiger partial charge in [-0.2, -0.15) is 8.42 Å². The van der Waals surface area contributed by atoms with E-state index in [4.69, 9.17) is 9.96 Å². The van der Waals surface area contributed by atoms with Gasteiger partial charge in [-0.05, 0) is 24.6 Å². The van der Waals surface area contributed by atoms with Gasteiger partial charge in [0.05, 0.1) is 4.90 Å². The molecule has 5 heteroatoms. The van der Waals surface area contributed by atoms with Gasteiger partial charge in [-0.15, -0.1) is 0 Å². The largest absolute Gasteiger partial charge is 0.310 e. The van der Waals surface area contributed by atoms with Crippen LogP contribution >= 0.6 is 0 Å². The van der Waals surface area contributed by atoms with Crippen LogP contribution in [0.1, 0.15) is 12.5 Å². The van der Waals surface area contributed by atoms with E-state index in [-0.39, 0.29) is 4.90 Å². The SMILES string of the molecule is CC(=N)Cc1ccc(S(=O)(=O)O)cc1. The molecular formula is C9H11NO3S. The number of rotatable bonds is 3. The molecule has 0 aliphatic rings. The quantitative estimate of drug-likeness (QED) is 0.590. The molecule has 1 rings (SSSR count). The fourth-order valence-electron chi connectivity index (χ4n) is 1.09. The number of hydrogen-bond acceptors (Lipinski definition) is 3. The normalized spacial score (nSPS) is 11.3. The summed E-state index contributed by atoms with van der Waals surface area (Å²) in [4.78, 5) is -0.121. The molecule has 0 fully saturated rings. The van der Waals surface area contributed by atoms with Gasteiger partial charge in [-0.25, -0.2) is 0 Å². The van der Waals surface area contributed by atoms with Gasteiger partial charge in [0.25, 0.3) is 10.1 Å². The Hall–Kier alpha value is -1.20. The van der Waals surface area contributed by atoms with E-state index in [9.17, 15) is 8.42 Å². The van der Waals surface area contributed by atoms with E-state index in [0.717, 1.165) is 5.56 Å². The lowest BCUT2D eigenvalue weighted by atomic mass is 10.1. The first-order valence-corrected chi connectivity index (χ1v) is 5.44. The van der Waals surface area contributed by atoms with Gasteiger partial charge in [0.1, 0.15) is 0 Å². The van der Waals surface area contributed by atoms with Crippen LogP contribution in [0.25, 0.3) is 0 Å². The highest BCUT2D eigenvalue weighted by Crippen LogP contribution is 2.10. The zero-order chi connectivity index (χ0) is 10.8. The van der Waals surface area contributed by atoms with Crippen molar-refractivity contribution in [3.63, 3.8) is 0 Å². The Morgan fingerprint density at radius 1 is 1.36 bits per heavy atom. The fourth-order valence-corrected chi connectivity index (χ4v) is 1.57. The van der Waals surface area contributed by atoms with Crippen LogP contribution in [-0.4, -0.2) is 18.7 Å². The van der Waals surface area contributed by atoms with Gasteiger partial charge >= 0.3 is 0 Å². The molecular weight excluding hydrogens is 202 g/mol. The van der Waals surface area contributed by atoms with Gasteiger partial charge in [0, 0.05) is 12.1 Å². The summed E-state index contributed by atoms with van der Waals surface area (Å²) >= 11 is 0. The van der Waals surface area contributed by atoms with E-state index in [1.807, 2.05) is 0 Å². The first kappa shape index (κ1) is 10.9. The maximum atomic E-state index is 10.7. The summed E-state index contributed by atoms with van der Waals surface area (Å²) in [5.41, 5.74) is 1.36. The minimum atomic E-state index is -4.10. The summed E-state index contributed by atoms with van der Waals surface area (Å²) in [5, 5.41) is 7.24. The summed E-state index contributed by atoms with van der Waals surface area (Å²) in [7, 11) is -4.10. The van der Waals surface area contributed by atoms with E-state index < -0.39 is 10.1 Å². The molecule has 0 heterocycles. The number of benzene rings is 1. The van der Waals surface area contributed by atoms with Crippen LogP contribution in [0.2, 0.25) is 0 Å². The Bertz CT molecular complexity index is 434. The van der Waals surface area contributed by atoms with Crippen LogP contribution in [0.4, 0.5) is 0 Å². The molecule has 0 amide bonds. The Morgan fingerprint density at radius 3 is 2.21 bits per heavy atom. The first-order valence-electron chi connectivity index (χ1n) is 4.00. The molecule has 76 valence electrons. The standard InChI is InChI=1S/C9H11NO3S/c1-7(10)6-8-2-4-9(5-3-8)14(11,12)13/h2-5,10H,6H2,1H3,(H,11,12,13). The van der Waals surface area contributed by atoms with Gasteiger partial charge in [0.15, 0.2) is 0 Å². The first-order chi connectivity index (χ1) is 6.39. The summed E-state index contributed by atoms with van der Waals surface area (Å²) in [6, 6.07) is 5.82. The van der Waals surface area contributed by atoms with Crippen LogP contribution in [-0.2, 0) is 16.5 Å². The van der Waals surface area contributed by atoms with Crippen molar-refractivity contribution in [2.45, 2.75) is 18.2 Å². The highest BCUT2D eigenvalue weighted by atomic mass is 32.2. The van der Waals surface area contributed by atoms with Crippen LogP contribution in [0.3, 0.4) is 0 Å². The molecule has 1 aromatic rings. The second-order valence-electron chi connectivity index (χ2n) is 3.08. The van der Waals surface area contributed by atoms with Gasteiger partial charge in [-0.1, -0.05) is 12.1 Å². The van der Waals surface area contributed by atoms with Gasteiger partial charge in [-0.3, -0.25) is 4.55 Å². The predicted molar refractivity (Wildman–Crippen MR) is 53.4 cm³/mol. The second-order valence-corrected chi connectivity index (χ2v) is 4.50. The van der Waals surface area contributed by atoms with Crippen molar-refractivity contribution in [2.24, 2.45) is 0 Å². The molecule has 0 radical (unpaired) electrons. The van der Waals surface area contributed by atoms with Gasteiger partial charge in [0.2, 0.25) is 0 Å². The van der Waals surface area contributed by atoms with Crippen LogP contribution in [0, 0.1) is 5.41 Å². The lowest BCUT2D eigenvalue weighted by Gasteiger charge is -2.00. The molecule has 0 aromatic heterocycles. The van der Waals surface area contributed by atoms with Crippen LogP contribution in [0.5, 0.6) is 0 Å². The molecule has 0 aliphatic heterocycles. The molecule has 0 unspecified atom stereocenters. The molecule has 0 bridgehead atoms. The lowest BCUT2D eigenvalue weighted by Crippen LogP contribution is -1.99. The second kappa shape index (κ2) is 3.89. The van der Waals surface area contributed by atoms with E-state index in [2.05, 4.69) is 0 Å². The molecule has 4 nitrogen and oxygen atoms in total. The van der Waals surface area contributed by atoms with Crippen molar-refractivity contribution in [1.82, 2.24) is 0 Å². The van der Waals surface area contributed by atoms with Crippen LogP contribution < -0.4 is 0 Å². The number of nitrogens with one attached hydrogen (secondary N) is 1. The Morgan fingerprint density at radius 2 is 1.86 bits per heavy atom. The van der Waals surface area contributed by atoms with Crippen molar-refractivity contribution >= 4 is 15.8 Å². The highest BCUT2D eigenvalue weighted by molar-refractivity contribution is 7.85. The van der Waals surface area contributed by atoms with E-state index >= 15 is 0 Å². The summed E-state index contributed by atoms with van der Waals surface area (Å²) in [6.07, 6.45) is 0.492. The Kier molecular flexibility index (Phi) is 3.03. The topological polar surface area (TPSA) is 78.2 Å². The molecule has 0 saturated carbocycles. The third kappa shape index (κ3) is 2.93. The maximum absolute atomic E-state index is 10.7. The minimum Gasteiger partial charge on any atom is -0.310 e. The highest BCUT2D eigenvalue weighted by Gasteiger charge is 2.08. The monoisotopic (exact) mass is 213 g/mol. The minimum absolute atomic E-state index is 0.121. The molecule has 0 aliphatic carbocycles. The van der Waals surface area contributed by atoms with E-state index in [1.54, 1.807) is 19.1 Å². The van der Waals surface area contributed by atoms with Gasteiger partial charge < -0.3 is 5.41 Å². The predicted octanol–water partition coefficient (Wildman–Crippen LogP) is 1.52. The lowest BCUT2D eigenvalue weighted by molar-refractivity contribution is 0.483. The molecule has 0 spiro atoms. The van der Waals surface area contributed by atoms with Crippen molar-refractivity contribution in [1.29, 1.82) is 5.41 Å². The summed E-state index contributed by atoms with van der Waals surface area (Å²) < 4.78 is 30.1. The fraction of sp³-hybridized carbons (Fsp3) is 0.222. The Labute approximate surface area is 82.8 Å². The van der Waals surface area contributed by atoms with E-state index in [1.165, 1.54) is 12.1 Å².